The van der Waals surface area contributed by atoms with Crippen LogP contribution >= 0.6 is 0 Å². The highest BCUT2D eigenvalue weighted by Gasteiger charge is 2.06. The van der Waals surface area contributed by atoms with Crippen LogP contribution in [-0.4, -0.2) is 33.3 Å². The quantitative estimate of drug-likeness (QED) is 0.758. The number of hydrogen-bond acceptors (Lipinski definition) is 4. The first kappa shape index (κ1) is 18.6. The lowest BCUT2D eigenvalue weighted by Crippen LogP contribution is -2.27. The number of benzene rings is 2. The molecule has 2 rings (SSSR count). The third kappa shape index (κ3) is 5.99. The minimum atomic E-state index is -0.319. The molecule has 0 radical (unpaired) electrons. The van der Waals surface area contributed by atoms with Crippen molar-refractivity contribution in [3.8, 4) is 17.2 Å². The average molecular weight is 347 g/mol. The van der Waals surface area contributed by atoms with Crippen LogP contribution in [0, 0.1) is 5.82 Å². The van der Waals surface area contributed by atoms with E-state index in [0.29, 0.717) is 30.2 Å². The van der Waals surface area contributed by atoms with Crippen LogP contribution in [0.25, 0.3) is 0 Å². The van der Waals surface area contributed by atoms with Crippen LogP contribution < -0.4 is 19.5 Å². The van der Waals surface area contributed by atoms with Crippen molar-refractivity contribution in [3.63, 3.8) is 0 Å². The number of carbonyl (C=O) groups excluding carboxylic acids is 1. The number of rotatable bonds is 9. The second-order valence-corrected chi connectivity index (χ2v) is 5.34. The van der Waals surface area contributed by atoms with Gasteiger partial charge in [-0.15, -0.1) is 0 Å². The number of amides is 1. The summed E-state index contributed by atoms with van der Waals surface area (Å²) in [6.45, 7) is 0.763. The molecule has 0 atom stereocenters. The van der Waals surface area contributed by atoms with Gasteiger partial charge < -0.3 is 19.5 Å². The summed E-state index contributed by atoms with van der Waals surface area (Å²) in [4.78, 5) is 11.8. The van der Waals surface area contributed by atoms with E-state index in [1.807, 2.05) is 18.2 Å². The van der Waals surface area contributed by atoms with Gasteiger partial charge in [0.2, 0.25) is 5.91 Å². The zero-order valence-electron chi connectivity index (χ0n) is 14.4. The van der Waals surface area contributed by atoms with Crippen molar-refractivity contribution in [2.45, 2.75) is 12.8 Å². The van der Waals surface area contributed by atoms with E-state index in [1.165, 1.54) is 24.3 Å². The summed E-state index contributed by atoms with van der Waals surface area (Å²) < 4.78 is 28.6. The van der Waals surface area contributed by atoms with E-state index in [0.717, 1.165) is 5.56 Å². The number of ether oxygens (including phenoxy) is 3. The summed E-state index contributed by atoms with van der Waals surface area (Å²) in [5, 5.41) is 2.84. The zero-order chi connectivity index (χ0) is 18.1. The maximum absolute atomic E-state index is 12.8. The van der Waals surface area contributed by atoms with E-state index in [1.54, 1.807) is 14.2 Å². The third-order valence-corrected chi connectivity index (χ3v) is 3.60. The van der Waals surface area contributed by atoms with Gasteiger partial charge in [-0.1, -0.05) is 6.07 Å². The van der Waals surface area contributed by atoms with Crippen molar-refractivity contribution >= 4 is 5.91 Å². The molecule has 0 aliphatic carbocycles. The highest BCUT2D eigenvalue weighted by molar-refractivity contribution is 5.76. The average Bonchev–Trinajstić information content (AvgIpc) is 2.63. The van der Waals surface area contributed by atoms with Gasteiger partial charge in [-0.2, -0.15) is 0 Å². The summed E-state index contributed by atoms with van der Waals surface area (Å²) in [5.74, 6) is 1.47. The number of hydrogen-bond donors (Lipinski definition) is 1. The van der Waals surface area contributed by atoms with Gasteiger partial charge in [-0.25, -0.2) is 4.39 Å². The van der Waals surface area contributed by atoms with Crippen molar-refractivity contribution in [3.05, 3.63) is 53.8 Å². The molecule has 5 nitrogen and oxygen atoms in total. The summed E-state index contributed by atoms with van der Waals surface area (Å²) >= 11 is 0. The second-order valence-electron chi connectivity index (χ2n) is 5.34. The Morgan fingerprint density at radius 2 is 1.76 bits per heavy atom. The van der Waals surface area contributed by atoms with Gasteiger partial charge in [0.15, 0.2) is 11.5 Å². The zero-order valence-corrected chi connectivity index (χ0v) is 14.4. The maximum atomic E-state index is 12.8. The Morgan fingerprint density at radius 3 is 2.44 bits per heavy atom. The van der Waals surface area contributed by atoms with Crippen molar-refractivity contribution in [2.24, 2.45) is 0 Å². The number of methoxy groups -OCH3 is 2. The summed E-state index contributed by atoms with van der Waals surface area (Å²) in [6, 6.07) is 11.4. The summed E-state index contributed by atoms with van der Waals surface area (Å²) in [7, 11) is 3.18. The fourth-order valence-electron chi connectivity index (χ4n) is 2.26. The van der Waals surface area contributed by atoms with Gasteiger partial charge in [0, 0.05) is 6.54 Å². The van der Waals surface area contributed by atoms with E-state index in [4.69, 9.17) is 14.2 Å². The molecule has 1 amide bonds. The molecular formula is C19H22FNO4. The van der Waals surface area contributed by atoms with E-state index >= 15 is 0 Å². The van der Waals surface area contributed by atoms with Crippen molar-refractivity contribution in [2.75, 3.05) is 27.4 Å². The molecule has 134 valence electrons. The Hall–Kier alpha value is -2.76. The topological polar surface area (TPSA) is 56.8 Å². The molecule has 6 heteroatoms. The lowest BCUT2D eigenvalue weighted by atomic mass is 10.1. The summed E-state index contributed by atoms with van der Waals surface area (Å²) in [6.07, 6.45) is 0.925. The van der Waals surface area contributed by atoms with Crippen LogP contribution in [0.5, 0.6) is 17.2 Å². The fraction of sp³-hybridized carbons (Fsp3) is 0.316. The Bertz CT molecular complexity index is 688. The SMILES string of the molecule is COc1ccc(CCNC(=O)CCOc2ccc(F)cc2)cc1OC. The maximum Gasteiger partial charge on any atom is 0.223 e. The van der Waals surface area contributed by atoms with E-state index in [9.17, 15) is 9.18 Å². The van der Waals surface area contributed by atoms with Crippen LogP contribution in [0.1, 0.15) is 12.0 Å². The van der Waals surface area contributed by atoms with Crippen LogP contribution in [0.2, 0.25) is 0 Å². The first-order valence-electron chi connectivity index (χ1n) is 7.98. The minimum absolute atomic E-state index is 0.0948. The molecule has 0 aliphatic heterocycles. The standard InChI is InChI=1S/C19H22FNO4/c1-23-17-8-3-14(13-18(17)24-2)9-11-21-19(22)10-12-25-16-6-4-15(20)5-7-16/h3-8,13H,9-12H2,1-2H3,(H,21,22). The first-order valence-corrected chi connectivity index (χ1v) is 7.98. The molecule has 1 N–H and O–H groups in total. The molecule has 2 aromatic carbocycles. The Balaban J connectivity index is 1.69. The third-order valence-electron chi connectivity index (χ3n) is 3.60. The molecule has 0 bridgehead atoms. The van der Waals surface area contributed by atoms with Gasteiger partial charge in [0.05, 0.1) is 27.2 Å². The molecular weight excluding hydrogens is 325 g/mol. The normalized spacial score (nSPS) is 10.2. The molecule has 2 aromatic rings. The molecule has 25 heavy (non-hydrogen) atoms. The number of carbonyl (C=O) groups is 1. The van der Waals surface area contributed by atoms with Crippen molar-refractivity contribution in [1.82, 2.24) is 5.32 Å². The highest BCUT2D eigenvalue weighted by atomic mass is 19.1. The van der Waals surface area contributed by atoms with Crippen LogP contribution in [0.15, 0.2) is 42.5 Å². The van der Waals surface area contributed by atoms with Crippen LogP contribution in [-0.2, 0) is 11.2 Å². The van der Waals surface area contributed by atoms with Crippen molar-refractivity contribution < 1.29 is 23.4 Å². The largest absolute Gasteiger partial charge is 0.493 e. The Kier molecular flexibility index (Phi) is 7.07. The van der Waals surface area contributed by atoms with Gasteiger partial charge >= 0.3 is 0 Å². The van der Waals surface area contributed by atoms with E-state index in [2.05, 4.69) is 5.32 Å². The van der Waals surface area contributed by atoms with Crippen LogP contribution in [0.3, 0.4) is 0 Å². The van der Waals surface area contributed by atoms with Gasteiger partial charge in [0.25, 0.3) is 0 Å². The lowest BCUT2D eigenvalue weighted by Gasteiger charge is -2.10. The monoisotopic (exact) mass is 347 g/mol. The molecule has 0 heterocycles. The highest BCUT2D eigenvalue weighted by Crippen LogP contribution is 2.27. The minimum Gasteiger partial charge on any atom is -0.493 e. The smallest absolute Gasteiger partial charge is 0.223 e. The summed E-state index contributed by atoms with van der Waals surface area (Å²) in [5.41, 5.74) is 1.04. The predicted molar refractivity (Wildman–Crippen MR) is 92.8 cm³/mol. The molecule has 0 saturated carbocycles. The second kappa shape index (κ2) is 9.52. The van der Waals surface area contributed by atoms with Gasteiger partial charge in [-0.3, -0.25) is 4.79 Å². The van der Waals surface area contributed by atoms with Gasteiger partial charge in [-0.05, 0) is 48.4 Å². The lowest BCUT2D eigenvalue weighted by molar-refractivity contribution is -0.121. The number of nitrogens with one attached hydrogen (secondary N) is 1. The molecule has 0 fully saturated rings. The Morgan fingerprint density at radius 1 is 1.04 bits per heavy atom. The Labute approximate surface area is 146 Å². The first-order chi connectivity index (χ1) is 12.1. The van der Waals surface area contributed by atoms with E-state index < -0.39 is 0 Å². The molecule has 0 saturated heterocycles. The molecule has 0 aromatic heterocycles. The van der Waals surface area contributed by atoms with E-state index in [-0.39, 0.29) is 24.8 Å². The molecule has 0 spiro atoms. The predicted octanol–water partition coefficient (Wildman–Crippen LogP) is 2.97. The molecule has 0 unspecified atom stereocenters. The van der Waals surface area contributed by atoms with Crippen LogP contribution in [0.4, 0.5) is 4.39 Å². The fourth-order valence-corrected chi connectivity index (χ4v) is 2.26. The molecule has 0 aliphatic rings. The van der Waals surface area contributed by atoms with Crippen molar-refractivity contribution in [1.29, 1.82) is 0 Å². The van der Waals surface area contributed by atoms with Gasteiger partial charge in [0.1, 0.15) is 11.6 Å². The number of halogens is 1.